The summed E-state index contributed by atoms with van der Waals surface area (Å²) in [5.74, 6) is 2.30. The summed E-state index contributed by atoms with van der Waals surface area (Å²) in [5, 5.41) is 7.13. The standard InChI is InChI=1S/C50H43N5/c1-3-35-33-45-46-34(2)44(55(45)42-26-16-9-17-27-42)29-19-5-4-18-28-43(46)47(35)51-41-31-39(36-20-10-6-11-21-36)30-40(32-41)50-53-48(37-22-12-7-13-23-37)52-49(54-50)38-24-14-8-15-25-38/h3,5-7,10-14,16,18-24,26-33,38,51H,1-2,4,8-9,15,17,25H2/b19-5-,28-18-,44-29+. The monoisotopic (exact) mass is 713 g/mol. The lowest BCUT2D eigenvalue weighted by atomic mass is 9.95. The van der Waals surface area contributed by atoms with Gasteiger partial charge in [-0.2, -0.15) is 0 Å². The van der Waals surface area contributed by atoms with E-state index >= 15 is 0 Å². The molecule has 268 valence electrons. The van der Waals surface area contributed by atoms with Crippen molar-refractivity contribution in [2.45, 2.75) is 44.4 Å². The van der Waals surface area contributed by atoms with E-state index in [0.29, 0.717) is 11.6 Å². The number of nitrogens with zero attached hydrogens (tertiary/aromatic N) is 4. The van der Waals surface area contributed by atoms with Gasteiger partial charge in [-0.25, -0.2) is 15.0 Å². The lowest BCUT2D eigenvalue weighted by molar-refractivity contribution is 0.623. The van der Waals surface area contributed by atoms with Gasteiger partial charge < -0.3 is 9.88 Å². The van der Waals surface area contributed by atoms with E-state index in [9.17, 15) is 0 Å². The third-order valence-corrected chi connectivity index (χ3v) is 10.7. The number of nitrogens with one attached hydrogen (secondary N) is 1. The van der Waals surface area contributed by atoms with Crippen molar-refractivity contribution >= 4 is 52.8 Å². The van der Waals surface area contributed by atoms with Crippen molar-refractivity contribution < 1.29 is 0 Å². The zero-order chi connectivity index (χ0) is 37.1. The van der Waals surface area contributed by atoms with Crippen LogP contribution in [0.4, 0.5) is 11.4 Å². The first-order valence-electron chi connectivity index (χ1n) is 19.3. The van der Waals surface area contributed by atoms with Gasteiger partial charge in [-0.3, -0.25) is 0 Å². The lowest BCUT2D eigenvalue weighted by Crippen LogP contribution is -2.27. The molecule has 3 aliphatic carbocycles. The molecule has 9 rings (SSSR count). The molecule has 1 unspecified atom stereocenters. The third-order valence-electron chi connectivity index (χ3n) is 10.7. The Morgan fingerprint density at radius 2 is 1.53 bits per heavy atom. The molecule has 5 nitrogen and oxygen atoms in total. The van der Waals surface area contributed by atoms with Crippen LogP contribution in [0.15, 0.2) is 140 Å². The highest BCUT2D eigenvalue weighted by Gasteiger charge is 2.21. The second kappa shape index (κ2) is 15.0. The number of aromatic nitrogens is 4. The summed E-state index contributed by atoms with van der Waals surface area (Å²) in [5.41, 5.74) is 10.4. The van der Waals surface area contributed by atoms with Gasteiger partial charge in [0.05, 0.1) is 16.6 Å². The van der Waals surface area contributed by atoms with Crippen LogP contribution in [0.2, 0.25) is 0 Å². The molecule has 0 saturated carbocycles. The molecule has 2 aromatic heterocycles. The van der Waals surface area contributed by atoms with Crippen LogP contribution in [-0.2, 0) is 0 Å². The van der Waals surface area contributed by atoms with Crippen LogP contribution in [-0.4, -0.2) is 19.5 Å². The van der Waals surface area contributed by atoms with Crippen LogP contribution in [0, 0.1) is 0 Å². The molecule has 6 aromatic rings. The van der Waals surface area contributed by atoms with Crippen molar-refractivity contribution in [2.75, 3.05) is 5.32 Å². The Hall–Kier alpha value is -6.59. The van der Waals surface area contributed by atoms with Gasteiger partial charge in [0.2, 0.25) is 0 Å². The zero-order valence-corrected chi connectivity index (χ0v) is 31.0. The molecule has 2 heterocycles. The highest BCUT2D eigenvalue weighted by molar-refractivity contribution is 6.01. The summed E-state index contributed by atoms with van der Waals surface area (Å²) >= 11 is 0. The van der Waals surface area contributed by atoms with E-state index in [2.05, 4.69) is 151 Å². The van der Waals surface area contributed by atoms with Gasteiger partial charge in [-0.1, -0.05) is 129 Å². The summed E-state index contributed by atoms with van der Waals surface area (Å²) in [6.07, 6.45) is 30.4. The number of anilines is 2. The molecule has 55 heavy (non-hydrogen) atoms. The van der Waals surface area contributed by atoms with Crippen molar-refractivity contribution in [1.29, 1.82) is 0 Å². The number of rotatable bonds is 8. The maximum atomic E-state index is 5.19. The quantitative estimate of drug-likeness (QED) is 0.160. The van der Waals surface area contributed by atoms with Crippen molar-refractivity contribution in [2.24, 2.45) is 0 Å². The van der Waals surface area contributed by atoms with Gasteiger partial charge in [0.15, 0.2) is 11.6 Å². The van der Waals surface area contributed by atoms with Crippen molar-refractivity contribution in [3.63, 3.8) is 0 Å². The minimum atomic E-state index is 0.150. The molecule has 5 heteroatoms. The molecule has 0 aliphatic heterocycles. The summed E-state index contributed by atoms with van der Waals surface area (Å²) in [6, 6.07) is 29.6. The second-order valence-electron chi connectivity index (χ2n) is 14.4. The number of benzene rings is 4. The first kappa shape index (κ1) is 34.2. The number of hydrogen-bond donors (Lipinski definition) is 1. The normalized spacial score (nSPS) is 18.0. The van der Waals surface area contributed by atoms with E-state index in [-0.39, 0.29) is 5.92 Å². The topological polar surface area (TPSA) is 55.6 Å². The largest absolute Gasteiger partial charge is 0.354 e. The lowest BCUT2D eigenvalue weighted by Gasteiger charge is -2.19. The van der Waals surface area contributed by atoms with Gasteiger partial charge in [0, 0.05) is 50.2 Å². The molecule has 2 bridgehead atoms. The maximum Gasteiger partial charge on any atom is 0.163 e. The van der Waals surface area contributed by atoms with Crippen LogP contribution in [0.25, 0.3) is 75.3 Å². The Balaban J connectivity index is 1.25. The number of fused-ring (bicyclic) bond motifs is 1. The number of allylic oxidation sites excluding steroid dienone is 9. The molecular formula is C50H43N5. The highest BCUT2D eigenvalue weighted by atomic mass is 15.0. The van der Waals surface area contributed by atoms with Crippen LogP contribution in [0.1, 0.15) is 61.4 Å². The highest BCUT2D eigenvalue weighted by Crippen LogP contribution is 2.38. The Morgan fingerprint density at radius 1 is 0.745 bits per heavy atom. The molecule has 1 atom stereocenters. The van der Waals surface area contributed by atoms with Gasteiger partial charge in [0.1, 0.15) is 5.82 Å². The molecule has 1 N–H and O–H groups in total. The smallest absolute Gasteiger partial charge is 0.163 e. The molecule has 0 saturated heterocycles. The fourth-order valence-corrected chi connectivity index (χ4v) is 7.99. The SMILES string of the molecule is C=Cc1cc2c3c(c1Nc1cc(-c4ccccc4)cc(-c4nc(-c5ccccc5)nc(C5C=CCCC5)n4)c1)/C=C\C/C=C\C=c(/c3=C)n2C1=CCCC=C1. The molecule has 4 aromatic carbocycles. The van der Waals surface area contributed by atoms with E-state index < -0.39 is 0 Å². The predicted octanol–water partition coefficient (Wildman–Crippen LogP) is 11.4. The average Bonchev–Trinajstić information content (AvgIpc) is 3.52. The van der Waals surface area contributed by atoms with Gasteiger partial charge >= 0.3 is 0 Å². The van der Waals surface area contributed by atoms with Crippen LogP contribution < -0.4 is 15.9 Å². The molecular weight excluding hydrogens is 671 g/mol. The van der Waals surface area contributed by atoms with Crippen LogP contribution in [0.5, 0.6) is 0 Å². The van der Waals surface area contributed by atoms with Crippen molar-refractivity contribution in [1.82, 2.24) is 19.5 Å². The summed E-state index contributed by atoms with van der Waals surface area (Å²) in [6.45, 7) is 9.01. The summed E-state index contributed by atoms with van der Waals surface area (Å²) < 4.78 is 2.36. The van der Waals surface area contributed by atoms with Gasteiger partial charge in [0.25, 0.3) is 0 Å². The molecule has 0 amide bonds. The van der Waals surface area contributed by atoms with E-state index in [1.165, 1.54) is 5.70 Å². The van der Waals surface area contributed by atoms with Gasteiger partial charge in [-0.05, 0) is 86.1 Å². The Labute approximate surface area is 322 Å². The van der Waals surface area contributed by atoms with Gasteiger partial charge in [-0.15, -0.1) is 0 Å². The number of hydrogen-bond acceptors (Lipinski definition) is 4. The third kappa shape index (κ3) is 6.74. The van der Waals surface area contributed by atoms with E-state index in [0.717, 1.165) is 111 Å². The molecule has 3 aliphatic rings. The molecule has 0 fully saturated rings. The Bertz CT molecular complexity index is 2710. The van der Waals surface area contributed by atoms with Crippen molar-refractivity contribution in [3.8, 4) is 33.9 Å². The fourth-order valence-electron chi connectivity index (χ4n) is 7.99. The summed E-state index contributed by atoms with van der Waals surface area (Å²) in [7, 11) is 0. The van der Waals surface area contributed by atoms with Crippen LogP contribution in [0.3, 0.4) is 0 Å². The molecule has 0 spiro atoms. The average molecular weight is 714 g/mol. The van der Waals surface area contributed by atoms with Crippen LogP contribution >= 0.6 is 0 Å². The first-order chi connectivity index (χ1) is 27.1. The van der Waals surface area contributed by atoms with E-state index in [1.54, 1.807) is 0 Å². The minimum absolute atomic E-state index is 0.150. The Morgan fingerprint density at radius 3 is 2.27 bits per heavy atom. The molecule has 0 radical (unpaired) electrons. The minimum Gasteiger partial charge on any atom is -0.354 e. The van der Waals surface area contributed by atoms with E-state index in [4.69, 9.17) is 15.0 Å². The predicted molar refractivity (Wildman–Crippen MR) is 232 cm³/mol. The van der Waals surface area contributed by atoms with E-state index in [1.807, 2.05) is 24.3 Å². The maximum absolute atomic E-state index is 5.19. The Kier molecular flexibility index (Phi) is 9.35. The second-order valence-corrected chi connectivity index (χ2v) is 14.4. The first-order valence-corrected chi connectivity index (χ1v) is 19.3. The zero-order valence-electron chi connectivity index (χ0n) is 31.0. The van der Waals surface area contributed by atoms with Crippen molar-refractivity contribution in [3.05, 3.63) is 168 Å². The fraction of sp³-hybridized carbons (Fsp3) is 0.140. The summed E-state index contributed by atoms with van der Waals surface area (Å²) in [4.78, 5) is 15.4.